The van der Waals surface area contributed by atoms with Crippen molar-refractivity contribution in [3.05, 3.63) is 5.82 Å². The number of rotatable bonds is 7. The molecule has 7 heteroatoms. The maximum Gasteiger partial charge on any atom is 0.313 e. The second-order valence-electron chi connectivity index (χ2n) is 5.50. The predicted molar refractivity (Wildman–Crippen MR) is 76.1 cm³/mol. The molecule has 0 radical (unpaired) electrons. The number of hydrogen-bond donors (Lipinski definition) is 1. The van der Waals surface area contributed by atoms with Gasteiger partial charge in [0.2, 0.25) is 0 Å². The molecule has 6 nitrogen and oxygen atoms in total. The number of aromatic nitrogens is 3. The lowest BCUT2D eigenvalue weighted by Crippen LogP contribution is -2.43. The highest BCUT2D eigenvalue weighted by molar-refractivity contribution is 7.99. The smallest absolute Gasteiger partial charge is 0.313 e. The largest absolute Gasteiger partial charge is 0.481 e. The molecule has 1 aromatic rings. The monoisotopic (exact) mass is 299 g/mol. The Balaban J connectivity index is 2.22. The number of thioether (sulfide) groups is 1. The van der Waals surface area contributed by atoms with Crippen molar-refractivity contribution >= 4 is 17.7 Å². The van der Waals surface area contributed by atoms with E-state index in [9.17, 15) is 4.79 Å². The number of ether oxygens (including phenoxy) is 1. The highest BCUT2D eigenvalue weighted by Gasteiger charge is 2.38. The lowest BCUT2D eigenvalue weighted by Gasteiger charge is -2.41. The van der Waals surface area contributed by atoms with Crippen LogP contribution in [0.15, 0.2) is 5.16 Å². The minimum absolute atomic E-state index is 0.00376. The van der Waals surface area contributed by atoms with Crippen molar-refractivity contribution in [1.82, 2.24) is 14.8 Å². The van der Waals surface area contributed by atoms with Gasteiger partial charge >= 0.3 is 5.97 Å². The Bertz CT molecular complexity index is 478. The van der Waals surface area contributed by atoms with Gasteiger partial charge in [-0.2, -0.15) is 0 Å². The molecule has 1 heterocycles. The van der Waals surface area contributed by atoms with E-state index in [4.69, 9.17) is 9.84 Å². The van der Waals surface area contributed by atoms with Crippen molar-refractivity contribution in [1.29, 1.82) is 0 Å². The number of aliphatic carboxylic acids is 1. The summed E-state index contributed by atoms with van der Waals surface area (Å²) in [4.78, 5) is 10.7. The van der Waals surface area contributed by atoms with Gasteiger partial charge in [0.05, 0.1) is 17.9 Å². The lowest BCUT2D eigenvalue weighted by atomic mass is 9.80. The first-order valence-corrected chi connectivity index (χ1v) is 7.79. The minimum atomic E-state index is -0.847. The van der Waals surface area contributed by atoms with Gasteiger partial charge in [-0.3, -0.25) is 4.79 Å². The summed E-state index contributed by atoms with van der Waals surface area (Å²) < 4.78 is 7.69. The van der Waals surface area contributed by atoms with Crippen LogP contribution >= 0.6 is 11.8 Å². The van der Waals surface area contributed by atoms with Crippen LogP contribution in [-0.2, 0) is 16.1 Å². The number of methoxy groups -OCH3 is 1. The summed E-state index contributed by atoms with van der Waals surface area (Å²) in [6.07, 6.45) is 3.23. The van der Waals surface area contributed by atoms with Crippen LogP contribution < -0.4 is 0 Å². The second-order valence-corrected chi connectivity index (χ2v) is 6.45. The fourth-order valence-electron chi connectivity index (χ4n) is 2.39. The molecule has 1 aliphatic carbocycles. The Kier molecular flexibility index (Phi) is 4.70. The van der Waals surface area contributed by atoms with E-state index >= 15 is 0 Å². The molecule has 0 saturated heterocycles. The summed E-state index contributed by atoms with van der Waals surface area (Å²) in [7, 11) is 1.74. The molecule has 1 aromatic heterocycles. The van der Waals surface area contributed by atoms with Crippen LogP contribution in [0.25, 0.3) is 0 Å². The quantitative estimate of drug-likeness (QED) is 0.777. The van der Waals surface area contributed by atoms with Gasteiger partial charge in [0.25, 0.3) is 0 Å². The fraction of sp³-hybridized carbons (Fsp3) is 0.769. The molecule has 1 aliphatic rings. The zero-order valence-electron chi connectivity index (χ0n) is 12.1. The third-order valence-corrected chi connectivity index (χ3v) is 4.68. The molecule has 0 aliphatic heterocycles. The summed E-state index contributed by atoms with van der Waals surface area (Å²) in [6.45, 7) is 4.82. The molecule has 0 unspecified atom stereocenters. The van der Waals surface area contributed by atoms with Crippen LogP contribution in [0.2, 0.25) is 0 Å². The van der Waals surface area contributed by atoms with Crippen LogP contribution in [0.4, 0.5) is 0 Å². The van der Waals surface area contributed by atoms with E-state index in [0.717, 1.165) is 18.7 Å². The van der Waals surface area contributed by atoms with E-state index < -0.39 is 5.97 Å². The van der Waals surface area contributed by atoms with Gasteiger partial charge in [-0.1, -0.05) is 25.6 Å². The summed E-state index contributed by atoms with van der Waals surface area (Å²) >= 11 is 1.21. The SMILES string of the molecule is COC1(Cn2c(SCC(=O)O)nnc2C(C)C)CCC1. The third-order valence-electron chi connectivity index (χ3n) is 3.73. The lowest BCUT2D eigenvalue weighted by molar-refractivity contribution is -0.133. The molecule has 0 atom stereocenters. The van der Waals surface area contributed by atoms with Gasteiger partial charge in [-0.15, -0.1) is 10.2 Å². The average molecular weight is 299 g/mol. The maximum atomic E-state index is 10.7. The normalized spacial score (nSPS) is 17.2. The predicted octanol–water partition coefficient (Wildman–Crippen LogP) is 2.15. The molecule has 1 fully saturated rings. The molecule has 2 rings (SSSR count). The van der Waals surface area contributed by atoms with Crippen LogP contribution in [0.3, 0.4) is 0 Å². The Labute approximate surface area is 122 Å². The molecule has 0 aromatic carbocycles. The Morgan fingerprint density at radius 1 is 1.50 bits per heavy atom. The molecule has 0 bridgehead atoms. The maximum absolute atomic E-state index is 10.7. The van der Waals surface area contributed by atoms with E-state index in [-0.39, 0.29) is 17.3 Å². The van der Waals surface area contributed by atoms with Gasteiger partial charge in [-0.25, -0.2) is 0 Å². The zero-order valence-corrected chi connectivity index (χ0v) is 12.9. The van der Waals surface area contributed by atoms with Crippen molar-refractivity contribution < 1.29 is 14.6 Å². The molecule has 1 saturated carbocycles. The van der Waals surface area contributed by atoms with Crippen molar-refractivity contribution in [2.24, 2.45) is 0 Å². The Hall–Kier alpha value is -1.08. The topological polar surface area (TPSA) is 77.2 Å². The first-order valence-electron chi connectivity index (χ1n) is 6.80. The zero-order chi connectivity index (χ0) is 14.8. The van der Waals surface area contributed by atoms with Crippen molar-refractivity contribution in [2.45, 2.75) is 56.3 Å². The molecule has 112 valence electrons. The molecule has 0 spiro atoms. The Morgan fingerprint density at radius 3 is 2.65 bits per heavy atom. The summed E-state index contributed by atoms with van der Waals surface area (Å²) in [6, 6.07) is 0. The number of nitrogens with zero attached hydrogens (tertiary/aromatic N) is 3. The van der Waals surface area contributed by atoms with Crippen molar-refractivity contribution in [3.63, 3.8) is 0 Å². The fourth-order valence-corrected chi connectivity index (χ4v) is 3.06. The number of carbonyl (C=O) groups is 1. The summed E-state index contributed by atoms with van der Waals surface area (Å²) in [5, 5.41) is 17.8. The van der Waals surface area contributed by atoms with Crippen LogP contribution in [0.1, 0.15) is 44.9 Å². The standard InChI is InChI=1S/C13H21N3O3S/c1-9(2)11-14-15-12(20-7-10(17)18)16(11)8-13(19-3)5-4-6-13/h9H,4-8H2,1-3H3,(H,17,18). The molecule has 0 amide bonds. The second kappa shape index (κ2) is 6.13. The summed E-state index contributed by atoms with van der Waals surface area (Å²) in [5.74, 6) is 0.286. The van der Waals surface area contributed by atoms with Gasteiger partial charge in [0.15, 0.2) is 5.16 Å². The number of carboxylic acids is 1. The van der Waals surface area contributed by atoms with Crippen molar-refractivity contribution in [3.8, 4) is 0 Å². The van der Waals surface area contributed by atoms with Crippen molar-refractivity contribution in [2.75, 3.05) is 12.9 Å². The number of hydrogen-bond acceptors (Lipinski definition) is 5. The molecule has 1 N–H and O–H groups in total. The van der Waals surface area contributed by atoms with E-state index in [2.05, 4.69) is 24.0 Å². The van der Waals surface area contributed by atoms with E-state index in [1.807, 2.05) is 4.57 Å². The summed E-state index contributed by atoms with van der Waals surface area (Å²) in [5.41, 5.74) is -0.134. The van der Waals surface area contributed by atoms with E-state index in [1.54, 1.807) is 7.11 Å². The molecular weight excluding hydrogens is 278 g/mol. The highest BCUT2D eigenvalue weighted by Crippen LogP contribution is 2.38. The minimum Gasteiger partial charge on any atom is -0.481 e. The van der Waals surface area contributed by atoms with Gasteiger partial charge < -0.3 is 14.4 Å². The van der Waals surface area contributed by atoms with E-state index in [1.165, 1.54) is 18.2 Å². The highest BCUT2D eigenvalue weighted by atomic mass is 32.2. The van der Waals surface area contributed by atoms with Crippen LogP contribution in [0, 0.1) is 0 Å². The van der Waals surface area contributed by atoms with Gasteiger partial charge in [-0.05, 0) is 19.3 Å². The van der Waals surface area contributed by atoms with Gasteiger partial charge in [0.1, 0.15) is 5.82 Å². The third kappa shape index (κ3) is 3.15. The Morgan fingerprint density at radius 2 is 2.20 bits per heavy atom. The first-order chi connectivity index (χ1) is 9.47. The van der Waals surface area contributed by atoms with Crippen LogP contribution in [0.5, 0.6) is 0 Å². The molecule has 20 heavy (non-hydrogen) atoms. The van der Waals surface area contributed by atoms with E-state index in [0.29, 0.717) is 11.7 Å². The van der Waals surface area contributed by atoms with Crippen LogP contribution in [-0.4, -0.2) is 44.3 Å². The first kappa shape index (κ1) is 15.3. The molecular formula is C13H21N3O3S. The number of carboxylic acid groups (broad SMARTS) is 1. The van der Waals surface area contributed by atoms with Gasteiger partial charge in [0, 0.05) is 13.0 Å². The average Bonchev–Trinajstić information content (AvgIpc) is 2.74.